The Kier molecular flexibility index (Phi) is 7.66. The number of likely N-dealkylation sites (tertiary alicyclic amines) is 1. The smallest absolute Gasteiger partial charge is 0.337 e. The lowest BCUT2D eigenvalue weighted by Gasteiger charge is -2.32. The molecule has 154 valence electrons. The van der Waals surface area contributed by atoms with E-state index in [0.29, 0.717) is 11.3 Å². The predicted octanol–water partition coefficient (Wildman–Crippen LogP) is 3.49. The van der Waals surface area contributed by atoms with Crippen molar-refractivity contribution >= 4 is 23.6 Å². The van der Waals surface area contributed by atoms with Crippen LogP contribution in [-0.2, 0) is 16.1 Å². The molecule has 0 saturated carbocycles. The van der Waals surface area contributed by atoms with Gasteiger partial charge in [0.15, 0.2) is 0 Å². The fraction of sp³-hybridized carbons (Fsp3) is 0.364. The molecule has 0 aliphatic carbocycles. The second-order valence-electron chi connectivity index (χ2n) is 7.05. The second-order valence-corrected chi connectivity index (χ2v) is 8.10. The molecular weight excluding hydrogens is 391 g/mol. The Bertz CT molecular complexity index is 819. The van der Waals surface area contributed by atoms with Gasteiger partial charge in [-0.25, -0.2) is 9.18 Å². The molecule has 1 aliphatic rings. The molecule has 7 heteroatoms. The Balaban J connectivity index is 1.37. The van der Waals surface area contributed by atoms with Gasteiger partial charge in [-0.1, -0.05) is 12.1 Å². The summed E-state index contributed by atoms with van der Waals surface area (Å²) < 4.78 is 17.7. The standard InChI is InChI=1S/C22H25FN2O3S/c1-28-22(27)17-4-8-20(9-5-17)29-15-21(26)24-19-10-12-25(13-11-19)14-16-2-6-18(23)7-3-16/h2-9,19H,10-15H2,1H3,(H,24,26). The Morgan fingerprint density at radius 3 is 2.38 bits per heavy atom. The van der Waals surface area contributed by atoms with Gasteiger partial charge in [0.1, 0.15) is 5.82 Å². The molecule has 1 aliphatic heterocycles. The minimum Gasteiger partial charge on any atom is -0.465 e. The largest absolute Gasteiger partial charge is 0.465 e. The molecule has 5 nitrogen and oxygen atoms in total. The van der Waals surface area contributed by atoms with Gasteiger partial charge in [0, 0.05) is 30.6 Å². The summed E-state index contributed by atoms with van der Waals surface area (Å²) in [6, 6.07) is 13.8. The first kappa shape index (κ1) is 21.3. The molecule has 1 amide bonds. The van der Waals surface area contributed by atoms with E-state index in [9.17, 15) is 14.0 Å². The van der Waals surface area contributed by atoms with Crippen molar-refractivity contribution in [3.63, 3.8) is 0 Å². The normalized spacial score (nSPS) is 15.1. The molecule has 0 spiro atoms. The third-order valence-corrected chi connectivity index (χ3v) is 5.93. The van der Waals surface area contributed by atoms with Crippen molar-refractivity contribution in [2.75, 3.05) is 26.0 Å². The third-order valence-electron chi connectivity index (χ3n) is 4.92. The number of ether oxygens (including phenoxy) is 1. The van der Waals surface area contributed by atoms with Crippen molar-refractivity contribution in [3.8, 4) is 0 Å². The van der Waals surface area contributed by atoms with Gasteiger partial charge in [0.05, 0.1) is 18.4 Å². The highest BCUT2D eigenvalue weighted by atomic mass is 32.2. The molecule has 1 heterocycles. The predicted molar refractivity (Wildman–Crippen MR) is 111 cm³/mol. The van der Waals surface area contributed by atoms with Gasteiger partial charge >= 0.3 is 5.97 Å². The molecule has 2 aromatic carbocycles. The number of hydrogen-bond donors (Lipinski definition) is 1. The lowest BCUT2D eigenvalue weighted by molar-refractivity contribution is -0.119. The van der Waals surface area contributed by atoms with E-state index in [-0.39, 0.29) is 23.7 Å². The fourth-order valence-electron chi connectivity index (χ4n) is 3.31. The van der Waals surface area contributed by atoms with Crippen LogP contribution >= 0.6 is 11.8 Å². The Morgan fingerprint density at radius 1 is 1.10 bits per heavy atom. The molecular formula is C22H25FN2O3S. The van der Waals surface area contributed by atoms with Gasteiger partial charge in [0.2, 0.25) is 5.91 Å². The summed E-state index contributed by atoms with van der Waals surface area (Å²) in [4.78, 5) is 27.0. The van der Waals surface area contributed by atoms with Crippen LogP contribution in [0.2, 0.25) is 0 Å². The molecule has 0 aromatic heterocycles. The van der Waals surface area contributed by atoms with Crippen molar-refractivity contribution < 1.29 is 18.7 Å². The van der Waals surface area contributed by atoms with Gasteiger partial charge in [0.25, 0.3) is 0 Å². The fourth-order valence-corrected chi connectivity index (χ4v) is 4.02. The summed E-state index contributed by atoms with van der Waals surface area (Å²) >= 11 is 1.44. The maximum atomic E-state index is 13.0. The Morgan fingerprint density at radius 2 is 1.76 bits per heavy atom. The van der Waals surface area contributed by atoms with Crippen LogP contribution in [0.15, 0.2) is 53.4 Å². The second kappa shape index (κ2) is 10.4. The van der Waals surface area contributed by atoms with Crippen LogP contribution in [0, 0.1) is 5.82 Å². The van der Waals surface area contributed by atoms with E-state index < -0.39 is 0 Å². The number of methoxy groups -OCH3 is 1. The number of rotatable bonds is 7. The number of nitrogens with one attached hydrogen (secondary N) is 1. The van der Waals surface area contributed by atoms with Crippen molar-refractivity contribution in [1.82, 2.24) is 10.2 Å². The lowest BCUT2D eigenvalue weighted by atomic mass is 10.0. The van der Waals surface area contributed by atoms with E-state index in [4.69, 9.17) is 0 Å². The molecule has 1 fully saturated rings. The maximum absolute atomic E-state index is 13.0. The van der Waals surface area contributed by atoms with E-state index in [2.05, 4.69) is 15.0 Å². The van der Waals surface area contributed by atoms with Crippen LogP contribution in [0.5, 0.6) is 0 Å². The molecule has 1 N–H and O–H groups in total. The zero-order chi connectivity index (χ0) is 20.6. The highest BCUT2D eigenvalue weighted by Gasteiger charge is 2.20. The van der Waals surface area contributed by atoms with Gasteiger partial charge in [-0.15, -0.1) is 11.8 Å². The zero-order valence-corrected chi connectivity index (χ0v) is 17.2. The maximum Gasteiger partial charge on any atom is 0.337 e. The van der Waals surface area contributed by atoms with Crippen LogP contribution in [-0.4, -0.2) is 48.8 Å². The molecule has 29 heavy (non-hydrogen) atoms. The van der Waals surface area contributed by atoms with Crippen molar-refractivity contribution in [2.45, 2.75) is 30.3 Å². The SMILES string of the molecule is COC(=O)c1ccc(SCC(=O)NC2CCN(Cc3ccc(F)cc3)CC2)cc1. The molecule has 3 rings (SSSR count). The summed E-state index contributed by atoms with van der Waals surface area (Å²) in [7, 11) is 1.35. The van der Waals surface area contributed by atoms with Crippen LogP contribution in [0.25, 0.3) is 0 Å². The summed E-state index contributed by atoms with van der Waals surface area (Å²) in [6.45, 7) is 2.62. The van der Waals surface area contributed by atoms with E-state index in [0.717, 1.165) is 42.9 Å². The van der Waals surface area contributed by atoms with Gasteiger partial charge < -0.3 is 10.1 Å². The number of piperidine rings is 1. The van der Waals surface area contributed by atoms with Crippen LogP contribution in [0.4, 0.5) is 4.39 Å². The average molecular weight is 417 g/mol. The highest BCUT2D eigenvalue weighted by molar-refractivity contribution is 8.00. The minimum atomic E-state index is -0.370. The first-order chi connectivity index (χ1) is 14.0. The summed E-state index contributed by atoms with van der Waals surface area (Å²) in [6.07, 6.45) is 1.82. The topological polar surface area (TPSA) is 58.6 Å². The van der Waals surface area contributed by atoms with Gasteiger partial charge in [-0.2, -0.15) is 0 Å². The number of esters is 1. The first-order valence-corrected chi connectivity index (χ1v) is 10.6. The van der Waals surface area contributed by atoms with Crippen molar-refractivity contribution in [1.29, 1.82) is 0 Å². The van der Waals surface area contributed by atoms with E-state index in [1.807, 2.05) is 24.3 Å². The number of benzene rings is 2. The number of amides is 1. The average Bonchev–Trinajstić information content (AvgIpc) is 2.75. The Labute approximate surface area is 174 Å². The van der Waals surface area contributed by atoms with E-state index in [1.165, 1.54) is 31.0 Å². The van der Waals surface area contributed by atoms with Crippen LogP contribution in [0.1, 0.15) is 28.8 Å². The highest BCUT2D eigenvalue weighted by Crippen LogP contribution is 2.19. The van der Waals surface area contributed by atoms with Gasteiger partial charge in [-0.05, 0) is 54.8 Å². The molecule has 0 unspecified atom stereocenters. The monoisotopic (exact) mass is 416 g/mol. The number of halogens is 1. The number of thioether (sulfide) groups is 1. The van der Waals surface area contributed by atoms with E-state index in [1.54, 1.807) is 12.1 Å². The molecule has 1 saturated heterocycles. The molecule has 0 atom stereocenters. The van der Waals surface area contributed by atoms with Crippen molar-refractivity contribution in [3.05, 3.63) is 65.5 Å². The number of carbonyl (C=O) groups is 2. The summed E-state index contributed by atoms with van der Waals surface area (Å²) in [5.41, 5.74) is 1.59. The quantitative estimate of drug-likeness (QED) is 0.553. The summed E-state index contributed by atoms with van der Waals surface area (Å²) in [5.74, 6) is -0.227. The molecule has 2 aromatic rings. The van der Waals surface area contributed by atoms with E-state index >= 15 is 0 Å². The number of hydrogen-bond acceptors (Lipinski definition) is 5. The summed E-state index contributed by atoms with van der Waals surface area (Å²) in [5, 5.41) is 3.11. The lowest BCUT2D eigenvalue weighted by Crippen LogP contribution is -2.44. The van der Waals surface area contributed by atoms with Crippen molar-refractivity contribution in [2.24, 2.45) is 0 Å². The number of nitrogens with zero attached hydrogens (tertiary/aromatic N) is 1. The molecule has 0 radical (unpaired) electrons. The van der Waals surface area contributed by atoms with Crippen LogP contribution in [0.3, 0.4) is 0 Å². The number of carbonyl (C=O) groups excluding carboxylic acids is 2. The third kappa shape index (κ3) is 6.58. The molecule has 0 bridgehead atoms. The van der Waals surface area contributed by atoms with Crippen LogP contribution < -0.4 is 5.32 Å². The zero-order valence-electron chi connectivity index (χ0n) is 16.4. The first-order valence-electron chi connectivity index (χ1n) is 9.61. The Hall–Kier alpha value is -2.38. The minimum absolute atomic E-state index is 0.0176. The van der Waals surface area contributed by atoms with Gasteiger partial charge in [-0.3, -0.25) is 9.69 Å².